The summed E-state index contributed by atoms with van der Waals surface area (Å²) in [6.07, 6.45) is 2.56. The second-order valence-electron chi connectivity index (χ2n) is 6.21. The Morgan fingerprint density at radius 2 is 1.66 bits per heavy atom. The molecule has 3 aromatic rings. The predicted molar refractivity (Wildman–Crippen MR) is 109 cm³/mol. The van der Waals surface area contributed by atoms with Gasteiger partial charge in [0.1, 0.15) is 13.2 Å². The first-order valence-electron chi connectivity index (χ1n) is 8.98. The molecule has 0 spiro atoms. The molecule has 0 amide bonds. The molecule has 0 aliphatic rings. The number of carboxylic acids is 1. The van der Waals surface area contributed by atoms with E-state index in [1.165, 1.54) is 6.08 Å². The average molecular weight is 385 g/mol. The highest BCUT2D eigenvalue weighted by molar-refractivity contribution is 5.85. The highest BCUT2D eigenvalue weighted by Crippen LogP contribution is 2.31. The van der Waals surface area contributed by atoms with Crippen molar-refractivity contribution < 1.29 is 19.4 Å². The molecule has 0 fully saturated rings. The van der Waals surface area contributed by atoms with E-state index in [4.69, 9.17) is 14.6 Å². The van der Waals surface area contributed by atoms with E-state index >= 15 is 0 Å². The van der Waals surface area contributed by atoms with E-state index in [-0.39, 0.29) is 6.61 Å². The molecule has 3 rings (SSSR count). The molecule has 29 heavy (non-hydrogen) atoms. The van der Waals surface area contributed by atoms with Crippen LogP contribution in [0.25, 0.3) is 6.08 Å². The third-order valence-electron chi connectivity index (χ3n) is 4.14. The Kier molecular flexibility index (Phi) is 6.64. The van der Waals surface area contributed by atoms with Gasteiger partial charge in [-0.25, -0.2) is 4.79 Å². The van der Waals surface area contributed by atoms with Crippen molar-refractivity contribution >= 4 is 12.0 Å². The second kappa shape index (κ2) is 9.77. The molecular weight excluding hydrogens is 366 g/mol. The van der Waals surface area contributed by atoms with Crippen molar-refractivity contribution in [3.63, 3.8) is 0 Å². The zero-order valence-corrected chi connectivity index (χ0v) is 15.6. The summed E-state index contributed by atoms with van der Waals surface area (Å²) < 4.78 is 11.9. The number of carboxylic acid groups (broad SMARTS) is 1. The summed E-state index contributed by atoms with van der Waals surface area (Å²) in [5.74, 6) is -0.0119. The van der Waals surface area contributed by atoms with Gasteiger partial charge in [-0.15, -0.1) is 0 Å². The lowest BCUT2D eigenvalue weighted by atomic mass is 10.1. The number of aliphatic carboxylic acids is 1. The van der Waals surface area contributed by atoms with E-state index in [2.05, 4.69) is 6.07 Å². The standard InChI is InChI=1S/C24H19NO4/c25-15-20-8-4-5-9-21(20)17-29-22-12-10-18(11-13-24(26)27)14-23(22)28-16-19-6-2-1-3-7-19/h1-14H,16-17H2,(H,26,27). The largest absolute Gasteiger partial charge is 0.485 e. The van der Waals surface area contributed by atoms with Crippen molar-refractivity contribution in [3.8, 4) is 17.6 Å². The van der Waals surface area contributed by atoms with E-state index in [9.17, 15) is 10.1 Å². The summed E-state index contributed by atoms with van der Waals surface area (Å²) in [6.45, 7) is 0.563. The Labute approximate surface area is 169 Å². The van der Waals surface area contributed by atoms with Gasteiger partial charge >= 0.3 is 5.97 Å². The Hall–Kier alpha value is -4.04. The smallest absolute Gasteiger partial charge is 0.328 e. The fourth-order valence-electron chi connectivity index (χ4n) is 2.67. The molecule has 0 radical (unpaired) electrons. The SMILES string of the molecule is N#Cc1ccccc1COc1ccc(C=CC(=O)O)cc1OCc1ccccc1. The topological polar surface area (TPSA) is 79.5 Å². The molecule has 5 nitrogen and oxygen atoms in total. The first kappa shape index (κ1) is 19.7. The molecule has 0 saturated heterocycles. The van der Waals surface area contributed by atoms with Crippen molar-refractivity contribution in [2.45, 2.75) is 13.2 Å². The number of hydrogen-bond donors (Lipinski definition) is 1. The fourth-order valence-corrected chi connectivity index (χ4v) is 2.67. The molecule has 0 saturated carbocycles. The summed E-state index contributed by atoms with van der Waals surface area (Å²) in [7, 11) is 0. The molecule has 0 aliphatic carbocycles. The third kappa shape index (κ3) is 5.72. The Balaban J connectivity index is 1.82. The van der Waals surface area contributed by atoms with E-state index in [1.807, 2.05) is 42.5 Å². The number of nitriles is 1. The van der Waals surface area contributed by atoms with Crippen LogP contribution in [0.4, 0.5) is 0 Å². The van der Waals surface area contributed by atoms with Crippen molar-refractivity contribution in [1.29, 1.82) is 5.26 Å². The minimum absolute atomic E-state index is 0.218. The minimum Gasteiger partial charge on any atom is -0.485 e. The molecule has 0 heterocycles. The van der Waals surface area contributed by atoms with Crippen molar-refractivity contribution in [3.05, 3.63) is 101 Å². The lowest BCUT2D eigenvalue weighted by molar-refractivity contribution is -0.131. The van der Waals surface area contributed by atoms with E-state index < -0.39 is 5.97 Å². The van der Waals surface area contributed by atoms with Crippen molar-refractivity contribution in [1.82, 2.24) is 0 Å². The first-order valence-corrected chi connectivity index (χ1v) is 8.98. The molecule has 144 valence electrons. The highest BCUT2D eigenvalue weighted by atomic mass is 16.5. The van der Waals surface area contributed by atoms with Gasteiger partial charge in [0.2, 0.25) is 0 Å². The summed E-state index contributed by atoms with van der Waals surface area (Å²) in [5, 5.41) is 18.1. The number of benzene rings is 3. The Morgan fingerprint density at radius 3 is 2.41 bits per heavy atom. The van der Waals surface area contributed by atoms with Gasteiger partial charge in [0, 0.05) is 11.6 Å². The van der Waals surface area contributed by atoms with E-state index in [1.54, 1.807) is 30.3 Å². The fraction of sp³-hybridized carbons (Fsp3) is 0.0833. The van der Waals surface area contributed by atoms with Gasteiger partial charge in [-0.2, -0.15) is 5.26 Å². The van der Waals surface area contributed by atoms with Gasteiger partial charge in [-0.1, -0.05) is 54.6 Å². The van der Waals surface area contributed by atoms with Crippen LogP contribution >= 0.6 is 0 Å². The van der Waals surface area contributed by atoms with Gasteiger partial charge < -0.3 is 14.6 Å². The lowest BCUT2D eigenvalue weighted by Gasteiger charge is -2.14. The van der Waals surface area contributed by atoms with Crippen LogP contribution in [0.2, 0.25) is 0 Å². The summed E-state index contributed by atoms with van der Waals surface area (Å²) in [5.41, 5.74) is 3.01. The maximum absolute atomic E-state index is 10.8. The molecule has 0 aromatic heterocycles. The van der Waals surface area contributed by atoms with Gasteiger partial charge in [0.15, 0.2) is 11.5 Å². The maximum Gasteiger partial charge on any atom is 0.328 e. The molecule has 3 aromatic carbocycles. The lowest BCUT2D eigenvalue weighted by Crippen LogP contribution is -2.02. The quantitative estimate of drug-likeness (QED) is 0.563. The summed E-state index contributed by atoms with van der Waals surface area (Å²) >= 11 is 0. The number of carbonyl (C=O) groups is 1. The Morgan fingerprint density at radius 1 is 0.931 bits per heavy atom. The van der Waals surface area contributed by atoms with Crippen LogP contribution in [0, 0.1) is 11.3 Å². The number of rotatable bonds is 8. The maximum atomic E-state index is 10.8. The van der Waals surface area contributed by atoms with Gasteiger partial charge in [0.05, 0.1) is 11.6 Å². The molecule has 0 aliphatic heterocycles. The summed E-state index contributed by atoms with van der Waals surface area (Å²) in [6, 6.07) is 24.3. The minimum atomic E-state index is -1.02. The highest BCUT2D eigenvalue weighted by Gasteiger charge is 2.09. The molecular formula is C24H19NO4. The predicted octanol–water partition coefficient (Wildman–Crippen LogP) is 4.81. The van der Waals surface area contributed by atoms with Crippen molar-refractivity contribution in [2.75, 3.05) is 0 Å². The third-order valence-corrected chi connectivity index (χ3v) is 4.14. The Bertz CT molecular complexity index is 1050. The number of hydrogen-bond acceptors (Lipinski definition) is 4. The van der Waals surface area contributed by atoms with Gasteiger partial charge in [-0.05, 0) is 35.4 Å². The average Bonchev–Trinajstić information content (AvgIpc) is 2.76. The van der Waals surface area contributed by atoms with E-state index in [0.717, 1.165) is 17.2 Å². The first-order chi connectivity index (χ1) is 14.2. The van der Waals surface area contributed by atoms with Crippen molar-refractivity contribution in [2.24, 2.45) is 0 Å². The normalized spacial score (nSPS) is 10.4. The molecule has 0 bridgehead atoms. The molecule has 1 N–H and O–H groups in total. The van der Waals surface area contributed by atoms with Crippen LogP contribution in [0.3, 0.4) is 0 Å². The molecule has 0 atom stereocenters. The molecule has 0 unspecified atom stereocenters. The number of ether oxygens (including phenoxy) is 2. The monoisotopic (exact) mass is 385 g/mol. The van der Waals surface area contributed by atoms with Crippen LogP contribution in [0.1, 0.15) is 22.3 Å². The van der Waals surface area contributed by atoms with Crippen LogP contribution in [-0.2, 0) is 18.0 Å². The van der Waals surface area contributed by atoms with E-state index in [0.29, 0.717) is 29.2 Å². The number of nitrogens with zero attached hydrogens (tertiary/aromatic N) is 1. The van der Waals surface area contributed by atoms with Crippen LogP contribution in [0.15, 0.2) is 78.9 Å². The van der Waals surface area contributed by atoms with Crippen LogP contribution in [-0.4, -0.2) is 11.1 Å². The van der Waals surface area contributed by atoms with Gasteiger partial charge in [0.25, 0.3) is 0 Å². The second-order valence-corrected chi connectivity index (χ2v) is 6.21. The summed E-state index contributed by atoms with van der Waals surface area (Å²) in [4.78, 5) is 10.8. The zero-order chi connectivity index (χ0) is 20.5. The van der Waals surface area contributed by atoms with Crippen LogP contribution < -0.4 is 9.47 Å². The van der Waals surface area contributed by atoms with Gasteiger partial charge in [-0.3, -0.25) is 0 Å². The van der Waals surface area contributed by atoms with Crippen LogP contribution in [0.5, 0.6) is 11.5 Å². The molecule has 5 heteroatoms. The zero-order valence-electron chi connectivity index (χ0n) is 15.6.